The molecule has 6 nitrogen and oxygen atoms in total. The highest BCUT2D eigenvalue weighted by Crippen LogP contribution is 2.09. The molecular formula is C21H26N4O2. The quantitative estimate of drug-likeness (QED) is 0.735. The summed E-state index contributed by atoms with van der Waals surface area (Å²) >= 11 is 0. The molecule has 1 fully saturated rings. The molecule has 0 radical (unpaired) electrons. The molecule has 4 amide bonds. The van der Waals surface area contributed by atoms with Crippen LogP contribution in [0.2, 0.25) is 0 Å². The maximum atomic E-state index is 12.1. The summed E-state index contributed by atoms with van der Waals surface area (Å²) in [5.74, 6) is 0. The Morgan fingerprint density at radius 2 is 1.30 bits per heavy atom. The number of urea groups is 2. The fraction of sp³-hybridized carbons (Fsp3) is 0.333. The van der Waals surface area contributed by atoms with Gasteiger partial charge in [-0.3, -0.25) is 0 Å². The van der Waals surface area contributed by atoms with E-state index in [-0.39, 0.29) is 12.1 Å². The molecule has 0 unspecified atom stereocenters. The van der Waals surface area contributed by atoms with Gasteiger partial charge in [-0.05, 0) is 29.5 Å². The van der Waals surface area contributed by atoms with Crippen molar-refractivity contribution in [3.63, 3.8) is 0 Å². The molecule has 2 aromatic rings. The summed E-state index contributed by atoms with van der Waals surface area (Å²) in [6.45, 7) is 3.11. The summed E-state index contributed by atoms with van der Waals surface area (Å²) in [4.78, 5) is 25.9. The number of amides is 4. The zero-order chi connectivity index (χ0) is 18.9. The maximum absolute atomic E-state index is 12.1. The SMILES string of the molecule is O=C(NCc1ccccc1)NCc1cccc(CNC(=O)N2CCCC2)c1. The number of carbonyl (C=O) groups excluding carboxylic acids is 2. The molecule has 27 heavy (non-hydrogen) atoms. The van der Waals surface area contributed by atoms with E-state index < -0.39 is 0 Å². The highest BCUT2D eigenvalue weighted by Gasteiger charge is 2.17. The van der Waals surface area contributed by atoms with E-state index in [0.29, 0.717) is 19.6 Å². The summed E-state index contributed by atoms with van der Waals surface area (Å²) < 4.78 is 0. The topological polar surface area (TPSA) is 73.5 Å². The van der Waals surface area contributed by atoms with Crippen LogP contribution in [-0.4, -0.2) is 30.1 Å². The third-order valence-electron chi connectivity index (χ3n) is 4.58. The minimum atomic E-state index is -0.202. The van der Waals surface area contributed by atoms with Crippen LogP contribution < -0.4 is 16.0 Å². The summed E-state index contributed by atoms with van der Waals surface area (Å²) in [6, 6.07) is 17.5. The second-order valence-electron chi connectivity index (χ2n) is 6.69. The number of benzene rings is 2. The lowest BCUT2D eigenvalue weighted by atomic mass is 10.1. The van der Waals surface area contributed by atoms with Crippen molar-refractivity contribution in [2.75, 3.05) is 13.1 Å². The van der Waals surface area contributed by atoms with Gasteiger partial charge >= 0.3 is 12.1 Å². The van der Waals surface area contributed by atoms with Crippen LogP contribution in [0.3, 0.4) is 0 Å². The van der Waals surface area contributed by atoms with Crippen LogP contribution in [0, 0.1) is 0 Å². The number of hydrogen-bond donors (Lipinski definition) is 3. The van der Waals surface area contributed by atoms with Crippen molar-refractivity contribution in [3.05, 3.63) is 71.3 Å². The third kappa shape index (κ3) is 6.02. The minimum Gasteiger partial charge on any atom is -0.334 e. The van der Waals surface area contributed by atoms with Crippen molar-refractivity contribution < 1.29 is 9.59 Å². The van der Waals surface area contributed by atoms with Crippen LogP contribution in [0.4, 0.5) is 9.59 Å². The average Bonchev–Trinajstić information content (AvgIpc) is 3.25. The molecule has 1 aliphatic heterocycles. The Morgan fingerprint density at radius 3 is 1.96 bits per heavy atom. The average molecular weight is 366 g/mol. The first-order valence-electron chi connectivity index (χ1n) is 9.37. The van der Waals surface area contributed by atoms with Gasteiger partial charge < -0.3 is 20.9 Å². The van der Waals surface area contributed by atoms with Gasteiger partial charge in [0.2, 0.25) is 0 Å². The van der Waals surface area contributed by atoms with Gasteiger partial charge in [0.1, 0.15) is 0 Å². The van der Waals surface area contributed by atoms with Gasteiger partial charge in [0, 0.05) is 32.7 Å². The predicted octanol–water partition coefficient (Wildman–Crippen LogP) is 2.99. The Labute approximate surface area is 159 Å². The molecule has 0 saturated carbocycles. The second-order valence-corrected chi connectivity index (χ2v) is 6.69. The van der Waals surface area contributed by atoms with E-state index in [1.54, 1.807) is 0 Å². The number of likely N-dealkylation sites (tertiary alicyclic amines) is 1. The van der Waals surface area contributed by atoms with Crippen molar-refractivity contribution in [2.24, 2.45) is 0 Å². The first kappa shape index (κ1) is 18.8. The lowest BCUT2D eigenvalue weighted by Crippen LogP contribution is -2.37. The number of hydrogen-bond acceptors (Lipinski definition) is 2. The van der Waals surface area contributed by atoms with Crippen molar-refractivity contribution in [3.8, 4) is 0 Å². The Balaban J connectivity index is 1.41. The van der Waals surface area contributed by atoms with E-state index in [1.165, 1.54) is 0 Å². The number of nitrogens with one attached hydrogen (secondary N) is 3. The lowest BCUT2D eigenvalue weighted by Gasteiger charge is -2.16. The van der Waals surface area contributed by atoms with Crippen molar-refractivity contribution in [1.29, 1.82) is 0 Å². The zero-order valence-electron chi connectivity index (χ0n) is 15.4. The first-order valence-corrected chi connectivity index (χ1v) is 9.37. The molecule has 1 saturated heterocycles. The Bertz CT molecular complexity index is 758. The van der Waals surface area contributed by atoms with E-state index in [2.05, 4.69) is 16.0 Å². The molecule has 0 atom stereocenters. The first-order chi connectivity index (χ1) is 13.2. The normalized spacial score (nSPS) is 13.3. The molecular weight excluding hydrogens is 340 g/mol. The summed E-state index contributed by atoms with van der Waals surface area (Å²) in [5.41, 5.74) is 3.08. The van der Waals surface area contributed by atoms with Crippen LogP contribution in [0.5, 0.6) is 0 Å². The van der Waals surface area contributed by atoms with Gasteiger partial charge in [-0.1, -0.05) is 54.6 Å². The summed E-state index contributed by atoms with van der Waals surface area (Å²) in [6.07, 6.45) is 2.17. The second kappa shape index (κ2) is 9.62. The van der Waals surface area contributed by atoms with Gasteiger partial charge in [-0.25, -0.2) is 9.59 Å². The predicted molar refractivity (Wildman–Crippen MR) is 105 cm³/mol. The number of carbonyl (C=O) groups is 2. The van der Waals surface area contributed by atoms with E-state index >= 15 is 0 Å². The van der Waals surface area contributed by atoms with Crippen LogP contribution in [0.15, 0.2) is 54.6 Å². The van der Waals surface area contributed by atoms with Crippen LogP contribution in [-0.2, 0) is 19.6 Å². The van der Waals surface area contributed by atoms with Gasteiger partial charge in [0.15, 0.2) is 0 Å². The van der Waals surface area contributed by atoms with Gasteiger partial charge in [-0.15, -0.1) is 0 Å². The summed E-state index contributed by atoms with van der Waals surface area (Å²) in [5, 5.41) is 8.66. The number of rotatable bonds is 6. The molecule has 0 aromatic heterocycles. The highest BCUT2D eigenvalue weighted by molar-refractivity contribution is 5.74. The standard InChI is InChI=1S/C21H26N4O2/c26-20(22-14-17-7-2-1-3-8-17)23-15-18-9-6-10-19(13-18)16-24-21(27)25-11-4-5-12-25/h1-3,6-10,13H,4-5,11-12,14-16H2,(H,24,27)(H2,22,23,26). The van der Waals surface area contributed by atoms with E-state index in [4.69, 9.17) is 0 Å². The third-order valence-corrected chi connectivity index (χ3v) is 4.58. The smallest absolute Gasteiger partial charge is 0.317 e. The summed E-state index contributed by atoms with van der Waals surface area (Å²) in [7, 11) is 0. The van der Waals surface area contributed by atoms with E-state index in [9.17, 15) is 9.59 Å². The molecule has 3 N–H and O–H groups in total. The molecule has 0 bridgehead atoms. The Kier molecular flexibility index (Phi) is 6.68. The molecule has 1 aliphatic rings. The van der Waals surface area contributed by atoms with Gasteiger partial charge in [0.05, 0.1) is 0 Å². The van der Waals surface area contributed by atoms with Crippen molar-refractivity contribution in [2.45, 2.75) is 32.5 Å². The molecule has 6 heteroatoms. The van der Waals surface area contributed by atoms with Crippen LogP contribution in [0.25, 0.3) is 0 Å². The maximum Gasteiger partial charge on any atom is 0.317 e. The largest absolute Gasteiger partial charge is 0.334 e. The minimum absolute atomic E-state index is 0.00341. The Hall–Kier alpha value is -3.02. The monoisotopic (exact) mass is 366 g/mol. The Morgan fingerprint density at radius 1 is 0.741 bits per heavy atom. The molecule has 3 rings (SSSR count). The highest BCUT2D eigenvalue weighted by atomic mass is 16.2. The van der Waals surface area contributed by atoms with Crippen LogP contribution >= 0.6 is 0 Å². The molecule has 0 spiro atoms. The van der Waals surface area contributed by atoms with E-state index in [1.807, 2.05) is 59.5 Å². The molecule has 1 heterocycles. The lowest BCUT2D eigenvalue weighted by molar-refractivity contribution is 0.208. The fourth-order valence-electron chi connectivity index (χ4n) is 3.08. The zero-order valence-corrected chi connectivity index (χ0v) is 15.4. The number of nitrogens with zero attached hydrogens (tertiary/aromatic N) is 1. The van der Waals surface area contributed by atoms with Crippen molar-refractivity contribution in [1.82, 2.24) is 20.9 Å². The molecule has 2 aromatic carbocycles. The van der Waals surface area contributed by atoms with Crippen molar-refractivity contribution >= 4 is 12.1 Å². The van der Waals surface area contributed by atoms with Gasteiger partial charge in [-0.2, -0.15) is 0 Å². The van der Waals surface area contributed by atoms with E-state index in [0.717, 1.165) is 42.6 Å². The van der Waals surface area contributed by atoms with Gasteiger partial charge in [0.25, 0.3) is 0 Å². The van der Waals surface area contributed by atoms with Crippen LogP contribution in [0.1, 0.15) is 29.5 Å². The molecule has 142 valence electrons. The molecule has 0 aliphatic carbocycles. The fourth-order valence-corrected chi connectivity index (χ4v) is 3.08.